The van der Waals surface area contributed by atoms with Gasteiger partial charge in [0.1, 0.15) is 0 Å². The number of ether oxygens (including phenoxy) is 1. The maximum absolute atomic E-state index is 13.7. The number of methoxy groups -OCH3 is 1. The van der Waals surface area contributed by atoms with Crippen LogP contribution in [0, 0.1) is 17.7 Å². The Bertz CT molecular complexity index is 596. The Kier molecular flexibility index (Phi) is 4.73. The summed E-state index contributed by atoms with van der Waals surface area (Å²) in [5, 5.41) is 0. The largest absolute Gasteiger partial charge is 0.492 e. The number of nitrogens with one attached hydrogen (secondary N) is 1. The first-order chi connectivity index (χ1) is 9.83. The molecule has 1 aromatic rings. The molecule has 0 aromatic heterocycles. The fourth-order valence-electron chi connectivity index (χ4n) is 2.78. The van der Waals surface area contributed by atoms with E-state index in [2.05, 4.69) is 11.6 Å². The molecule has 0 bridgehead atoms. The van der Waals surface area contributed by atoms with Crippen molar-refractivity contribution in [3.8, 4) is 5.75 Å². The Labute approximate surface area is 124 Å². The highest BCUT2D eigenvalue weighted by atomic mass is 32.2. The van der Waals surface area contributed by atoms with E-state index in [0.29, 0.717) is 18.4 Å². The third-order valence-electron chi connectivity index (χ3n) is 3.93. The van der Waals surface area contributed by atoms with Gasteiger partial charge in [-0.1, -0.05) is 13.3 Å². The molecule has 21 heavy (non-hydrogen) atoms. The molecule has 0 aliphatic heterocycles. The minimum atomic E-state index is -3.76. The number of hydrogen-bond donors (Lipinski definition) is 2. The van der Waals surface area contributed by atoms with Crippen molar-refractivity contribution >= 4 is 15.7 Å². The number of benzene rings is 1. The zero-order chi connectivity index (χ0) is 15.6. The molecule has 1 aliphatic rings. The molecular weight excluding hydrogens is 295 g/mol. The average Bonchev–Trinajstić information content (AvgIpc) is 2.82. The van der Waals surface area contributed by atoms with Gasteiger partial charge in [-0.05, 0) is 36.8 Å². The topological polar surface area (TPSA) is 81.4 Å². The van der Waals surface area contributed by atoms with E-state index in [1.165, 1.54) is 13.2 Å². The Morgan fingerprint density at radius 3 is 2.67 bits per heavy atom. The maximum Gasteiger partial charge on any atom is 0.240 e. The van der Waals surface area contributed by atoms with Gasteiger partial charge in [-0.15, -0.1) is 0 Å². The van der Waals surface area contributed by atoms with Crippen molar-refractivity contribution in [1.29, 1.82) is 0 Å². The standard InChI is InChI=1S/C14H21FN2O3S/c1-9-3-4-10(5-9)8-17-21(18,19)11-6-12(15)14(20-2)13(16)7-11/h6-7,9-10,17H,3-5,8,16H2,1-2H3. The van der Waals surface area contributed by atoms with E-state index in [9.17, 15) is 12.8 Å². The van der Waals surface area contributed by atoms with E-state index < -0.39 is 15.8 Å². The van der Waals surface area contributed by atoms with Crippen LogP contribution < -0.4 is 15.2 Å². The molecule has 0 saturated heterocycles. The van der Waals surface area contributed by atoms with Crippen LogP contribution in [0.2, 0.25) is 0 Å². The van der Waals surface area contributed by atoms with Crippen molar-refractivity contribution < 1.29 is 17.5 Å². The van der Waals surface area contributed by atoms with Gasteiger partial charge >= 0.3 is 0 Å². The van der Waals surface area contributed by atoms with E-state index >= 15 is 0 Å². The van der Waals surface area contributed by atoms with E-state index in [4.69, 9.17) is 10.5 Å². The van der Waals surface area contributed by atoms with E-state index in [0.717, 1.165) is 25.3 Å². The van der Waals surface area contributed by atoms with Crippen LogP contribution >= 0.6 is 0 Å². The fourth-order valence-corrected chi connectivity index (χ4v) is 3.94. The lowest BCUT2D eigenvalue weighted by atomic mass is 10.1. The number of halogens is 1. The molecule has 5 nitrogen and oxygen atoms in total. The lowest BCUT2D eigenvalue weighted by Crippen LogP contribution is -2.28. The molecule has 0 amide bonds. The minimum Gasteiger partial charge on any atom is -0.492 e. The van der Waals surface area contributed by atoms with Crippen molar-refractivity contribution in [3.63, 3.8) is 0 Å². The fraction of sp³-hybridized carbons (Fsp3) is 0.571. The molecule has 1 fully saturated rings. The summed E-state index contributed by atoms with van der Waals surface area (Å²) in [6.45, 7) is 2.54. The monoisotopic (exact) mass is 316 g/mol. The van der Waals surface area contributed by atoms with Gasteiger partial charge in [0, 0.05) is 6.54 Å². The Balaban J connectivity index is 2.12. The van der Waals surface area contributed by atoms with E-state index in [1.54, 1.807) is 0 Å². The zero-order valence-electron chi connectivity index (χ0n) is 12.2. The molecule has 0 radical (unpaired) electrons. The molecule has 1 saturated carbocycles. The third-order valence-corrected chi connectivity index (χ3v) is 5.33. The molecule has 2 atom stereocenters. The van der Waals surface area contributed by atoms with E-state index in [1.807, 2.05) is 0 Å². The lowest BCUT2D eigenvalue weighted by molar-refractivity contribution is 0.388. The Morgan fingerprint density at radius 1 is 1.43 bits per heavy atom. The first-order valence-electron chi connectivity index (χ1n) is 6.96. The highest BCUT2D eigenvalue weighted by Crippen LogP contribution is 2.31. The summed E-state index contributed by atoms with van der Waals surface area (Å²) in [4.78, 5) is -0.177. The summed E-state index contributed by atoms with van der Waals surface area (Å²) >= 11 is 0. The summed E-state index contributed by atoms with van der Waals surface area (Å²) in [7, 11) is -2.48. The number of anilines is 1. The molecule has 1 aromatic carbocycles. The quantitative estimate of drug-likeness (QED) is 0.815. The SMILES string of the molecule is COc1c(N)cc(S(=O)(=O)NCC2CCC(C)C2)cc1F. The van der Waals surface area contributed by atoms with Crippen molar-refractivity contribution in [2.45, 2.75) is 31.1 Å². The van der Waals surface area contributed by atoms with Crippen LogP contribution in [0.1, 0.15) is 26.2 Å². The highest BCUT2D eigenvalue weighted by Gasteiger charge is 2.24. The summed E-state index contributed by atoms with van der Waals surface area (Å²) in [6.07, 6.45) is 3.15. The van der Waals surface area contributed by atoms with E-state index in [-0.39, 0.29) is 16.3 Å². The van der Waals surface area contributed by atoms with Gasteiger partial charge in [-0.3, -0.25) is 0 Å². The second-order valence-electron chi connectivity index (χ2n) is 5.66. The van der Waals surface area contributed by atoms with Crippen LogP contribution in [0.4, 0.5) is 10.1 Å². The summed E-state index contributed by atoms with van der Waals surface area (Å²) in [5.41, 5.74) is 5.57. The molecule has 0 heterocycles. The van der Waals surface area contributed by atoms with Crippen LogP contribution in [-0.2, 0) is 10.0 Å². The molecule has 7 heteroatoms. The van der Waals surface area contributed by atoms with Gasteiger partial charge in [0.2, 0.25) is 10.0 Å². The molecule has 0 spiro atoms. The van der Waals surface area contributed by atoms with Crippen LogP contribution in [0.3, 0.4) is 0 Å². The average molecular weight is 316 g/mol. The van der Waals surface area contributed by atoms with Gasteiger partial charge in [-0.2, -0.15) is 0 Å². The molecular formula is C14H21FN2O3S. The van der Waals surface area contributed by atoms with Crippen molar-refractivity contribution in [2.24, 2.45) is 11.8 Å². The summed E-state index contributed by atoms with van der Waals surface area (Å²) in [5.74, 6) is 0.0507. The first kappa shape index (κ1) is 16.0. The summed E-state index contributed by atoms with van der Waals surface area (Å²) in [6, 6.07) is 2.14. The normalized spacial score (nSPS) is 22.4. The number of sulfonamides is 1. The first-order valence-corrected chi connectivity index (χ1v) is 8.44. The predicted octanol–water partition coefficient (Wildman–Crippen LogP) is 2.13. The maximum atomic E-state index is 13.7. The predicted molar refractivity (Wildman–Crippen MR) is 79.1 cm³/mol. The van der Waals surface area contributed by atoms with Gasteiger partial charge in [0.25, 0.3) is 0 Å². The summed E-state index contributed by atoms with van der Waals surface area (Å²) < 4.78 is 45.5. The smallest absolute Gasteiger partial charge is 0.240 e. The number of nitrogens with two attached hydrogens (primary N) is 1. The molecule has 2 rings (SSSR count). The Hall–Kier alpha value is -1.34. The number of rotatable bonds is 5. The molecule has 1 aliphatic carbocycles. The van der Waals surface area contributed by atoms with Crippen LogP contribution in [-0.4, -0.2) is 22.1 Å². The molecule has 118 valence electrons. The van der Waals surface area contributed by atoms with Gasteiger partial charge in [-0.25, -0.2) is 17.5 Å². The lowest BCUT2D eigenvalue weighted by Gasteiger charge is -2.13. The number of nitrogen functional groups attached to an aromatic ring is 1. The zero-order valence-corrected chi connectivity index (χ0v) is 13.0. The minimum absolute atomic E-state index is 0.0348. The van der Waals surface area contributed by atoms with Crippen LogP contribution in [0.25, 0.3) is 0 Å². The van der Waals surface area contributed by atoms with Crippen molar-refractivity contribution in [2.75, 3.05) is 19.4 Å². The second kappa shape index (κ2) is 6.19. The van der Waals surface area contributed by atoms with Crippen molar-refractivity contribution in [1.82, 2.24) is 4.72 Å². The highest BCUT2D eigenvalue weighted by molar-refractivity contribution is 7.89. The van der Waals surface area contributed by atoms with Crippen LogP contribution in [0.15, 0.2) is 17.0 Å². The second-order valence-corrected chi connectivity index (χ2v) is 7.43. The van der Waals surface area contributed by atoms with Crippen LogP contribution in [0.5, 0.6) is 5.75 Å². The molecule has 3 N–H and O–H groups in total. The van der Waals surface area contributed by atoms with Gasteiger partial charge in [0.05, 0.1) is 17.7 Å². The van der Waals surface area contributed by atoms with Crippen molar-refractivity contribution in [3.05, 3.63) is 17.9 Å². The van der Waals surface area contributed by atoms with Gasteiger partial charge < -0.3 is 10.5 Å². The molecule has 2 unspecified atom stereocenters. The van der Waals surface area contributed by atoms with Gasteiger partial charge in [0.15, 0.2) is 11.6 Å². The Morgan fingerprint density at radius 2 is 2.14 bits per heavy atom. The number of hydrogen-bond acceptors (Lipinski definition) is 4. The third kappa shape index (κ3) is 3.65.